The van der Waals surface area contributed by atoms with E-state index in [1.54, 1.807) is 11.1 Å². The van der Waals surface area contributed by atoms with Gasteiger partial charge in [-0.3, -0.25) is 9.00 Å². The third-order valence-electron chi connectivity index (χ3n) is 16.4. The van der Waals surface area contributed by atoms with Crippen molar-refractivity contribution >= 4 is 16.8 Å². The van der Waals surface area contributed by atoms with E-state index in [9.17, 15) is 9.00 Å². The van der Waals surface area contributed by atoms with Gasteiger partial charge in [0.1, 0.15) is 0 Å². The molecule has 0 aromatic rings. The average molecular weight is 667 g/mol. The number of allylic oxidation sites excluding steroid dienone is 4. The average Bonchev–Trinajstić information content (AvgIpc) is 3.48. The Hall–Kier alpha value is -0.980. The van der Waals surface area contributed by atoms with Crippen LogP contribution in [0.2, 0.25) is 0 Å². The van der Waals surface area contributed by atoms with Crippen LogP contribution in [0.3, 0.4) is 0 Å². The number of esters is 1. The highest BCUT2D eigenvalue weighted by Gasteiger charge is 2.68. The highest BCUT2D eigenvalue weighted by molar-refractivity contribution is 7.85. The predicted molar refractivity (Wildman–Crippen MR) is 193 cm³/mol. The largest absolute Gasteiger partial charge is 0.466 e. The quantitative estimate of drug-likeness (QED) is 0.279. The van der Waals surface area contributed by atoms with Gasteiger partial charge in [-0.25, -0.2) is 0 Å². The SMILES string of the molecule is CCOC(=O)C1CCC(=CC2=CCC3(C)C(CCC4(C)C3CCC3[C@H]5CCCC5(NCCN5CCS(=O)CC5)CC[C@]34C)C2C)CC1. The van der Waals surface area contributed by atoms with E-state index >= 15 is 0 Å². The first-order valence-electron chi connectivity index (χ1n) is 19.9. The van der Waals surface area contributed by atoms with Crippen LogP contribution in [0.4, 0.5) is 0 Å². The molecule has 1 saturated heterocycles. The van der Waals surface area contributed by atoms with Crippen LogP contribution >= 0.6 is 0 Å². The molecule has 0 amide bonds. The minimum Gasteiger partial charge on any atom is -0.466 e. The van der Waals surface area contributed by atoms with Crippen LogP contribution in [-0.2, 0) is 20.3 Å². The van der Waals surface area contributed by atoms with Gasteiger partial charge in [0, 0.05) is 54.0 Å². The second-order valence-electron chi connectivity index (χ2n) is 18.0. The zero-order chi connectivity index (χ0) is 33.0. The molecule has 47 heavy (non-hydrogen) atoms. The molecule has 264 valence electrons. The molecule has 5 nitrogen and oxygen atoms in total. The van der Waals surface area contributed by atoms with Crippen molar-refractivity contribution in [3.05, 3.63) is 23.3 Å². The van der Waals surface area contributed by atoms with E-state index in [1.807, 2.05) is 6.92 Å². The fourth-order valence-electron chi connectivity index (χ4n) is 13.6. The molecule has 9 atom stereocenters. The van der Waals surface area contributed by atoms with Gasteiger partial charge in [-0.1, -0.05) is 51.8 Å². The molecule has 7 unspecified atom stereocenters. The Balaban J connectivity index is 1.04. The summed E-state index contributed by atoms with van der Waals surface area (Å²) in [4.78, 5) is 14.8. The number of rotatable bonds is 7. The lowest BCUT2D eigenvalue weighted by Crippen LogP contribution is -2.67. The maximum atomic E-state index is 12.3. The van der Waals surface area contributed by atoms with Crippen molar-refractivity contribution in [2.24, 2.45) is 51.8 Å². The number of ether oxygens (including phenoxy) is 1. The summed E-state index contributed by atoms with van der Waals surface area (Å²) in [7, 11) is -0.589. The van der Waals surface area contributed by atoms with Gasteiger partial charge < -0.3 is 15.0 Å². The minimum absolute atomic E-state index is 0.0162. The van der Waals surface area contributed by atoms with Gasteiger partial charge in [-0.05, 0) is 142 Å². The Bertz CT molecular complexity index is 1260. The van der Waals surface area contributed by atoms with Gasteiger partial charge in [-0.15, -0.1) is 0 Å². The first kappa shape index (κ1) is 34.5. The monoisotopic (exact) mass is 666 g/mol. The zero-order valence-electron chi connectivity index (χ0n) is 30.5. The number of fused-ring (bicyclic) bond motifs is 7. The molecule has 0 spiro atoms. The molecular weight excluding hydrogens is 601 g/mol. The zero-order valence-corrected chi connectivity index (χ0v) is 31.4. The van der Waals surface area contributed by atoms with E-state index in [0.717, 1.165) is 87.0 Å². The van der Waals surface area contributed by atoms with Crippen molar-refractivity contribution in [2.75, 3.05) is 44.3 Å². The first-order valence-corrected chi connectivity index (χ1v) is 21.4. The van der Waals surface area contributed by atoms with Crippen molar-refractivity contribution < 1.29 is 13.7 Å². The molecule has 1 aliphatic heterocycles. The molecule has 6 heteroatoms. The molecule has 0 aromatic carbocycles. The van der Waals surface area contributed by atoms with Gasteiger partial charge in [-0.2, -0.15) is 0 Å². The number of nitrogens with one attached hydrogen (secondary N) is 1. The van der Waals surface area contributed by atoms with E-state index in [4.69, 9.17) is 4.74 Å². The predicted octanol–water partition coefficient (Wildman–Crippen LogP) is 8.07. The van der Waals surface area contributed by atoms with Crippen molar-refractivity contribution in [2.45, 2.75) is 130 Å². The van der Waals surface area contributed by atoms with Crippen molar-refractivity contribution in [1.29, 1.82) is 0 Å². The van der Waals surface area contributed by atoms with Crippen LogP contribution in [0, 0.1) is 51.8 Å². The van der Waals surface area contributed by atoms with Crippen LogP contribution < -0.4 is 5.32 Å². The fraction of sp³-hybridized carbons (Fsp3) is 0.878. The summed E-state index contributed by atoms with van der Waals surface area (Å²) in [6.45, 7) is 17.4. The van der Waals surface area contributed by atoms with E-state index in [1.165, 1.54) is 64.2 Å². The summed E-state index contributed by atoms with van der Waals surface area (Å²) in [5.74, 6) is 5.73. The number of hydrogen-bond donors (Lipinski definition) is 1. The summed E-state index contributed by atoms with van der Waals surface area (Å²) >= 11 is 0. The summed E-state index contributed by atoms with van der Waals surface area (Å²) in [6, 6.07) is 0. The summed E-state index contributed by atoms with van der Waals surface area (Å²) in [5, 5.41) is 4.25. The van der Waals surface area contributed by atoms with E-state index in [2.05, 4.69) is 50.1 Å². The van der Waals surface area contributed by atoms with Gasteiger partial charge in [0.2, 0.25) is 0 Å². The van der Waals surface area contributed by atoms with E-state index in [-0.39, 0.29) is 11.9 Å². The lowest BCUT2D eigenvalue weighted by Gasteiger charge is -2.71. The third kappa shape index (κ3) is 5.88. The Kier molecular flexibility index (Phi) is 9.75. The van der Waals surface area contributed by atoms with Crippen molar-refractivity contribution in [3.63, 3.8) is 0 Å². The second-order valence-corrected chi connectivity index (χ2v) is 19.7. The molecule has 1 heterocycles. The molecule has 7 rings (SSSR count). The molecule has 1 N–H and O–H groups in total. The number of nitrogens with zero attached hydrogens (tertiary/aromatic N) is 1. The van der Waals surface area contributed by atoms with Crippen molar-refractivity contribution in [3.8, 4) is 0 Å². The van der Waals surface area contributed by atoms with Gasteiger partial charge >= 0.3 is 5.97 Å². The Labute approximate surface area is 289 Å². The minimum atomic E-state index is -0.589. The lowest BCUT2D eigenvalue weighted by molar-refractivity contribution is -0.212. The topological polar surface area (TPSA) is 58.6 Å². The van der Waals surface area contributed by atoms with E-state index in [0.29, 0.717) is 34.3 Å². The smallest absolute Gasteiger partial charge is 0.308 e. The molecular formula is C41H66N2O3S. The van der Waals surface area contributed by atoms with Gasteiger partial charge in [0.05, 0.1) is 12.5 Å². The summed E-state index contributed by atoms with van der Waals surface area (Å²) in [5.41, 5.74) is 4.77. The number of hydrogen-bond acceptors (Lipinski definition) is 5. The standard InChI is InChI=1S/C41H66N2O3S/c1-6-46-37(44)31-11-9-30(10-12-31)28-32-15-18-38(3)33(29(32)2)16-19-40(5)36(38)14-13-34-35-8-7-17-41(35,21-20-39(34,40)4)42-22-23-43-24-26-47(45)27-25-43/h15,28-29,31,33-36,42H,6-14,16-27H2,1-5H3/t29?,31?,33?,34?,35-,36?,38?,39-,40?,41?/m1/s1. The molecule has 6 aliphatic carbocycles. The van der Waals surface area contributed by atoms with Gasteiger partial charge in [0.15, 0.2) is 0 Å². The fourth-order valence-corrected chi connectivity index (χ4v) is 14.7. The molecule has 6 fully saturated rings. The summed E-state index contributed by atoms with van der Waals surface area (Å²) < 4.78 is 17.2. The third-order valence-corrected chi connectivity index (χ3v) is 17.7. The van der Waals surface area contributed by atoms with Crippen LogP contribution in [0.25, 0.3) is 0 Å². The van der Waals surface area contributed by atoms with Crippen molar-refractivity contribution in [1.82, 2.24) is 10.2 Å². The number of carbonyl (C=O) groups excluding carboxylic acids is 1. The number of carbonyl (C=O) groups is 1. The van der Waals surface area contributed by atoms with Crippen LogP contribution in [0.5, 0.6) is 0 Å². The highest BCUT2D eigenvalue weighted by atomic mass is 32.2. The summed E-state index contributed by atoms with van der Waals surface area (Å²) in [6.07, 6.45) is 23.1. The van der Waals surface area contributed by atoms with Gasteiger partial charge in [0.25, 0.3) is 0 Å². The van der Waals surface area contributed by atoms with E-state index < -0.39 is 10.8 Å². The maximum Gasteiger partial charge on any atom is 0.308 e. The van der Waals surface area contributed by atoms with Crippen LogP contribution in [0.15, 0.2) is 23.3 Å². The van der Waals surface area contributed by atoms with Crippen LogP contribution in [0.1, 0.15) is 125 Å². The second kappa shape index (κ2) is 13.3. The Morgan fingerprint density at radius 1 is 0.957 bits per heavy atom. The Morgan fingerprint density at radius 2 is 1.72 bits per heavy atom. The van der Waals surface area contributed by atoms with Crippen LogP contribution in [-0.4, -0.2) is 64.9 Å². The molecule has 0 aromatic heterocycles. The lowest BCUT2D eigenvalue weighted by atomic mass is 9.34. The molecule has 5 saturated carbocycles. The molecule has 7 aliphatic rings. The maximum absolute atomic E-state index is 12.3. The molecule has 0 bridgehead atoms. The first-order chi connectivity index (χ1) is 22.5. The normalized spacial score (nSPS) is 45.6. The molecule has 0 radical (unpaired) electrons. The Morgan fingerprint density at radius 3 is 2.47 bits per heavy atom. The highest BCUT2D eigenvalue weighted by Crippen LogP contribution is 2.74.